The summed E-state index contributed by atoms with van der Waals surface area (Å²) in [6.07, 6.45) is 0.937. The Morgan fingerprint density at radius 1 is 0.857 bits per heavy atom. The maximum Gasteiger partial charge on any atom is 0.118 e. The minimum absolute atomic E-state index is 0. The molecule has 0 aromatic heterocycles. The van der Waals surface area contributed by atoms with Crippen molar-refractivity contribution in [2.75, 3.05) is 21.3 Å². The van der Waals surface area contributed by atoms with Crippen LogP contribution in [0.2, 0.25) is 0 Å². The molecule has 0 aliphatic carbocycles. The van der Waals surface area contributed by atoms with Gasteiger partial charge in [-0.1, -0.05) is 24.3 Å². The number of likely N-dealkylation sites (N-methyl/N-ethyl adjacent to an activating group) is 1. The Morgan fingerprint density at radius 2 is 1.33 bits per heavy atom. The highest BCUT2D eigenvalue weighted by molar-refractivity contribution is 5.85. The van der Waals surface area contributed by atoms with Crippen molar-refractivity contribution in [1.82, 2.24) is 5.32 Å². The molecule has 0 spiro atoms. The molecule has 2 aromatic rings. The first-order chi connectivity index (χ1) is 9.76. The predicted octanol–water partition coefficient (Wildman–Crippen LogP) is 3.63. The SMILES string of the molecule is CNC(Cc1ccc(OC)cc1)c1ccc(OC)cc1.Cl. The number of hydrogen-bond donors (Lipinski definition) is 1. The van der Waals surface area contributed by atoms with Crippen LogP contribution in [0.25, 0.3) is 0 Å². The van der Waals surface area contributed by atoms with E-state index in [4.69, 9.17) is 9.47 Å². The molecule has 0 saturated carbocycles. The van der Waals surface area contributed by atoms with Crippen LogP contribution in [0, 0.1) is 0 Å². The molecular formula is C17H22ClNO2. The molecular weight excluding hydrogens is 286 g/mol. The molecule has 1 unspecified atom stereocenters. The van der Waals surface area contributed by atoms with Gasteiger partial charge in [-0.25, -0.2) is 0 Å². The Hall–Kier alpha value is -1.71. The molecule has 0 aliphatic heterocycles. The van der Waals surface area contributed by atoms with Crippen molar-refractivity contribution in [2.45, 2.75) is 12.5 Å². The van der Waals surface area contributed by atoms with Crippen LogP contribution in [0.4, 0.5) is 0 Å². The molecule has 0 fully saturated rings. The number of nitrogens with one attached hydrogen (secondary N) is 1. The normalized spacial score (nSPS) is 11.4. The summed E-state index contributed by atoms with van der Waals surface area (Å²) in [5.74, 6) is 1.77. The summed E-state index contributed by atoms with van der Waals surface area (Å²) in [6, 6.07) is 16.7. The lowest BCUT2D eigenvalue weighted by atomic mass is 9.99. The predicted molar refractivity (Wildman–Crippen MR) is 88.7 cm³/mol. The zero-order valence-electron chi connectivity index (χ0n) is 12.6. The van der Waals surface area contributed by atoms with Crippen LogP contribution in [0.3, 0.4) is 0 Å². The smallest absolute Gasteiger partial charge is 0.118 e. The average Bonchev–Trinajstić information content (AvgIpc) is 2.53. The van der Waals surface area contributed by atoms with Gasteiger partial charge in [0.15, 0.2) is 0 Å². The first-order valence-corrected chi connectivity index (χ1v) is 6.71. The van der Waals surface area contributed by atoms with Crippen molar-refractivity contribution in [3.05, 3.63) is 59.7 Å². The standard InChI is InChI=1S/C17H21NO2.ClH/c1-18-17(14-6-10-16(20-3)11-7-14)12-13-4-8-15(19-2)9-5-13;/h4-11,17-18H,12H2,1-3H3;1H. The lowest BCUT2D eigenvalue weighted by molar-refractivity contribution is 0.414. The van der Waals surface area contributed by atoms with Crippen LogP contribution in [-0.4, -0.2) is 21.3 Å². The fourth-order valence-electron chi connectivity index (χ4n) is 2.22. The van der Waals surface area contributed by atoms with Gasteiger partial charge < -0.3 is 14.8 Å². The lowest BCUT2D eigenvalue weighted by Crippen LogP contribution is -2.18. The van der Waals surface area contributed by atoms with E-state index in [1.54, 1.807) is 14.2 Å². The summed E-state index contributed by atoms with van der Waals surface area (Å²) < 4.78 is 10.4. The third-order valence-corrected chi connectivity index (χ3v) is 3.47. The Morgan fingerprint density at radius 3 is 1.76 bits per heavy atom. The first kappa shape index (κ1) is 17.3. The van der Waals surface area contributed by atoms with E-state index in [9.17, 15) is 0 Å². The van der Waals surface area contributed by atoms with Gasteiger partial charge in [0.25, 0.3) is 0 Å². The van der Waals surface area contributed by atoms with E-state index in [1.165, 1.54) is 11.1 Å². The Bertz CT molecular complexity index is 525. The minimum Gasteiger partial charge on any atom is -0.497 e. The largest absolute Gasteiger partial charge is 0.497 e. The molecule has 0 bridgehead atoms. The maximum absolute atomic E-state index is 5.19. The monoisotopic (exact) mass is 307 g/mol. The summed E-state index contributed by atoms with van der Waals surface area (Å²) in [5.41, 5.74) is 2.53. The summed E-state index contributed by atoms with van der Waals surface area (Å²) >= 11 is 0. The van der Waals surface area contributed by atoms with E-state index in [1.807, 2.05) is 31.3 Å². The lowest BCUT2D eigenvalue weighted by Gasteiger charge is -2.17. The highest BCUT2D eigenvalue weighted by Crippen LogP contribution is 2.22. The van der Waals surface area contributed by atoms with Gasteiger partial charge >= 0.3 is 0 Å². The van der Waals surface area contributed by atoms with Gasteiger partial charge in [-0.2, -0.15) is 0 Å². The second-order valence-electron chi connectivity index (χ2n) is 4.67. The van der Waals surface area contributed by atoms with Gasteiger partial charge in [0.1, 0.15) is 11.5 Å². The molecule has 2 aromatic carbocycles. The summed E-state index contributed by atoms with van der Waals surface area (Å²) in [4.78, 5) is 0. The van der Waals surface area contributed by atoms with Gasteiger partial charge in [-0.05, 0) is 48.9 Å². The highest BCUT2D eigenvalue weighted by atomic mass is 35.5. The second-order valence-corrected chi connectivity index (χ2v) is 4.67. The average molecular weight is 308 g/mol. The molecule has 0 heterocycles. The molecule has 4 heteroatoms. The maximum atomic E-state index is 5.19. The van der Waals surface area contributed by atoms with Gasteiger partial charge in [0.2, 0.25) is 0 Å². The van der Waals surface area contributed by atoms with Crippen LogP contribution in [0.1, 0.15) is 17.2 Å². The molecule has 114 valence electrons. The number of halogens is 1. The molecule has 1 atom stereocenters. The third-order valence-electron chi connectivity index (χ3n) is 3.47. The molecule has 2 rings (SSSR count). The molecule has 0 amide bonds. The van der Waals surface area contributed by atoms with E-state index in [0.29, 0.717) is 0 Å². The number of benzene rings is 2. The molecule has 3 nitrogen and oxygen atoms in total. The quantitative estimate of drug-likeness (QED) is 0.884. The summed E-state index contributed by atoms with van der Waals surface area (Å²) in [5, 5.41) is 3.36. The van der Waals surface area contributed by atoms with Gasteiger partial charge in [-0.3, -0.25) is 0 Å². The van der Waals surface area contributed by atoms with E-state index in [0.717, 1.165) is 17.9 Å². The van der Waals surface area contributed by atoms with E-state index in [2.05, 4.69) is 29.6 Å². The Kier molecular flexibility index (Phi) is 7.06. The van der Waals surface area contributed by atoms with E-state index >= 15 is 0 Å². The molecule has 0 aliphatic rings. The molecule has 0 saturated heterocycles. The second kappa shape index (κ2) is 8.55. The third kappa shape index (κ3) is 4.66. The topological polar surface area (TPSA) is 30.5 Å². The zero-order valence-corrected chi connectivity index (χ0v) is 13.4. The number of rotatable bonds is 6. The van der Waals surface area contributed by atoms with Crippen LogP contribution in [-0.2, 0) is 6.42 Å². The van der Waals surface area contributed by atoms with Crippen molar-refractivity contribution >= 4 is 12.4 Å². The minimum atomic E-state index is 0. The van der Waals surface area contributed by atoms with Crippen LogP contribution in [0.15, 0.2) is 48.5 Å². The van der Waals surface area contributed by atoms with Crippen molar-refractivity contribution in [1.29, 1.82) is 0 Å². The molecule has 0 radical (unpaired) electrons. The van der Waals surface area contributed by atoms with Crippen LogP contribution in [0.5, 0.6) is 11.5 Å². The van der Waals surface area contributed by atoms with Gasteiger partial charge in [-0.15, -0.1) is 12.4 Å². The molecule has 21 heavy (non-hydrogen) atoms. The summed E-state index contributed by atoms with van der Waals surface area (Å²) in [7, 11) is 5.35. The first-order valence-electron chi connectivity index (χ1n) is 6.71. The summed E-state index contributed by atoms with van der Waals surface area (Å²) in [6.45, 7) is 0. The van der Waals surface area contributed by atoms with Crippen molar-refractivity contribution in [3.63, 3.8) is 0 Å². The number of ether oxygens (including phenoxy) is 2. The van der Waals surface area contributed by atoms with Gasteiger partial charge in [0, 0.05) is 6.04 Å². The fourth-order valence-corrected chi connectivity index (χ4v) is 2.22. The zero-order chi connectivity index (χ0) is 14.4. The Balaban J connectivity index is 0.00000220. The van der Waals surface area contributed by atoms with Gasteiger partial charge in [0.05, 0.1) is 14.2 Å². The van der Waals surface area contributed by atoms with E-state index < -0.39 is 0 Å². The molecule has 1 N–H and O–H groups in total. The van der Waals surface area contributed by atoms with Crippen molar-refractivity contribution in [3.8, 4) is 11.5 Å². The van der Waals surface area contributed by atoms with Crippen LogP contribution >= 0.6 is 12.4 Å². The Labute approximate surface area is 132 Å². The fraction of sp³-hybridized carbons (Fsp3) is 0.294. The highest BCUT2D eigenvalue weighted by Gasteiger charge is 2.10. The number of methoxy groups -OCH3 is 2. The van der Waals surface area contributed by atoms with Crippen molar-refractivity contribution in [2.24, 2.45) is 0 Å². The van der Waals surface area contributed by atoms with Crippen LogP contribution < -0.4 is 14.8 Å². The van der Waals surface area contributed by atoms with E-state index in [-0.39, 0.29) is 18.4 Å². The van der Waals surface area contributed by atoms with Crippen molar-refractivity contribution < 1.29 is 9.47 Å². The number of hydrogen-bond acceptors (Lipinski definition) is 3.